The van der Waals surface area contributed by atoms with Crippen molar-refractivity contribution < 1.29 is 14.0 Å². The molecule has 26 heavy (non-hydrogen) atoms. The summed E-state index contributed by atoms with van der Waals surface area (Å²) >= 11 is 1.63. The topological polar surface area (TPSA) is 71.3 Å². The second-order valence-corrected chi connectivity index (χ2v) is 7.06. The van der Waals surface area contributed by atoms with Crippen molar-refractivity contribution in [1.29, 1.82) is 0 Å². The molecular formula is C20H26N2O3S. The zero-order chi connectivity index (χ0) is 18.8. The molecule has 5 nitrogen and oxygen atoms in total. The molecule has 1 heterocycles. The number of hydrogen-bond donors (Lipinski definition) is 2. The third-order valence-corrected chi connectivity index (χ3v) is 4.66. The molecule has 1 atom stereocenters. The second kappa shape index (κ2) is 10.7. The summed E-state index contributed by atoms with van der Waals surface area (Å²) in [6.07, 6.45) is 7.31. The number of furan rings is 1. The van der Waals surface area contributed by atoms with Crippen LogP contribution in [-0.4, -0.2) is 29.9 Å². The van der Waals surface area contributed by atoms with Gasteiger partial charge in [0.05, 0.1) is 6.26 Å². The van der Waals surface area contributed by atoms with Gasteiger partial charge in [0.1, 0.15) is 6.04 Å². The highest BCUT2D eigenvalue weighted by atomic mass is 32.2. The number of anilines is 1. The predicted molar refractivity (Wildman–Crippen MR) is 107 cm³/mol. The highest BCUT2D eigenvalue weighted by Crippen LogP contribution is 2.13. The van der Waals surface area contributed by atoms with E-state index in [1.807, 2.05) is 30.5 Å². The molecule has 0 saturated heterocycles. The molecule has 0 aliphatic carbocycles. The summed E-state index contributed by atoms with van der Waals surface area (Å²) in [5.41, 5.74) is 1.99. The molecule has 2 N–H and O–H groups in total. The van der Waals surface area contributed by atoms with Crippen molar-refractivity contribution in [2.45, 2.75) is 38.6 Å². The van der Waals surface area contributed by atoms with Gasteiger partial charge in [0, 0.05) is 5.69 Å². The normalized spacial score (nSPS) is 11.8. The highest BCUT2D eigenvalue weighted by Gasteiger charge is 2.22. The van der Waals surface area contributed by atoms with E-state index in [4.69, 9.17) is 4.42 Å². The highest BCUT2D eigenvalue weighted by molar-refractivity contribution is 7.98. The maximum atomic E-state index is 12.6. The lowest BCUT2D eigenvalue weighted by Gasteiger charge is -2.17. The standard InChI is InChI=1S/C20H26N2O3S/c1-3-4-6-15-8-10-16(11-9-15)21-19(23)17(12-14-26-2)22-20(24)18-7-5-13-25-18/h5,7-11,13,17H,3-4,6,12,14H2,1-2H3,(H,21,23)(H,22,24). The minimum atomic E-state index is -0.611. The Balaban J connectivity index is 1.97. The van der Waals surface area contributed by atoms with Gasteiger partial charge in [-0.3, -0.25) is 9.59 Å². The van der Waals surface area contributed by atoms with E-state index in [1.54, 1.807) is 23.9 Å². The van der Waals surface area contributed by atoms with Crippen LogP contribution in [0.3, 0.4) is 0 Å². The van der Waals surface area contributed by atoms with E-state index in [2.05, 4.69) is 17.6 Å². The third-order valence-electron chi connectivity index (χ3n) is 4.02. The molecule has 6 heteroatoms. The Kier molecular flexibility index (Phi) is 8.28. The summed E-state index contributed by atoms with van der Waals surface area (Å²) in [7, 11) is 0. The van der Waals surface area contributed by atoms with Crippen molar-refractivity contribution in [2.24, 2.45) is 0 Å². The van der Waals surface area contributed by atoms with E-state index in [-0.39, 0.29) is 17.6 Å². The van der Waals surface area contributed by atoms with Crippen LogP contribution in [0.4, 0.5) is 5.69 Å². The number of rotatable bonds is 10. The maximum Gasteiger partial charge on any atom is 0.287 e. The number of carbonyl (C=O) groups excluding carboxylic acids is 2. The van der Waals surface area contributed by atoms with Crippen molar-refractivity contribution in [3.05, 3.63) is 54.0 Å². The summed E-state index contributed by atoms with van der Waals surface area (Å²) in [5, 5.41) is 5.65. The Labute approximate surface area is 158 Å². The first kappa shape index (κ1) is 20.1. The molecule has 2 rings (SSSR count). The molecule has 1 aromatic heterocycles. The molecule has 0 saturated carbocycles. The molecule has 0 spiro atoms. The minimum Gasteiger partial charge on any atom is -0.459 e. The van der Waals surface area contributed by atoms with Crippen molar-refractivity contribution >= 4 is 29.3 Å². The van der Waals surface area contributed by atoms with Crippen LogP contribution < -0.4 is 10.6 Å². The van der Waals surface area contributed by atoms with E-state index in [0.717, 1.165) is 30.7 Å². The van der Waals surface area contributed by atoms with Crippen LogP contribution in [-0.2, 0) is 11.2 Å². The van der Waals surface area contributed by atoms with Crippen molar-refractivity contribution in [3.8, 4) is 0 Å². The van der Waals surface area contributed by atoms with E-state index in [0.29, 0.717) is 6.42 Å². The van der Waals surface area contributed by atoms with Gasteiger partial charge < -0.3 is 15.1 Å². The fourth-order valence-corrected chi connectivity index (χ4v) is 2.98. The summed E-state index contributed by atoms with van der Waals surface area (Å²) in [5.74, 6) is 0.366. The van der Waals surface area contributed by atoms with Gasteiger partial charge in [-0.15, -0.1) is 0 Å². The van der Waals surface area contributed by atoms with Crippen molar-refractivity contribution in [1.82, 2.24) is 5.32 Å². The number of aryl methyl sites for hydroxylation is 1. The molecule has 0 bridgehead atoms. The maximum absolute atomic E-state index is 12.6. The van der Waals surface area contributed by atoms with Crippen LogP contribution >= 0.6 is 11.8 Å². The van der Waals surface area contributed by atoms with Crippen LogP contribution in [0.5, 0.6) is 0 Å². The summed E-state index contributed by atoms with van der Waals surface area (Å²) in [6.45, 7) is 2.17. The van der Waals surface area contributed by atoms with Crippen LogP contribution in [0.1, 0.15) is 42.3 Å². The second-order valence-electron chi connectivity index (χ2n) is 6.07. The number of hydrogen-bond acceptors (Lipinski definition) is 4. The van der Waals surface area contributed by atoms with Gasteiger partial charge in [0.25, 0.3) is 5.91 Å². The zero-order valence-electron chi connectivity index (χ0n) is 15.3. The fraction of sp³-hybridized carbons (Fsp3) is 0.400. The first-order chi connectivity index (χ1) is 12.6. The average Bonchev–Trinajstić information content (AvgIpc) is 3.19. The van der Waals surface area contributed by atoms with E-state index in [9.17, 15) is 9.59 Å². The van der Waals surface area contributed by atoms with E-state index >= 15 is 0 Å². The summed E-state index contributed by atoms with van der Waals surface area (Å²) in [4.78, 5) is 24.8. The quantitative estimate of drug-likeness (QED) is 0.656. The van der Waals surface area contributed by atoms with Gasteiger partial charge in [0.2, 0.25) is 5.91 Å². The Hall–Kier alpha value is -2.21. The number of unbranched alkanes of at least 4 members (excludes halogenated alkanes) is 1. The van der Waals surface area contributed by atoms with Gasteiger partial charge >= 0.3 is 0 Å². The van der Waals surface area contributed by atoms with Gasteiger partial charge in [-0.1, -0.05) is 25.5 Å². The molecule has 2 amide bonds. The zero-order valence-corrected chi connectivity index (χ0v) is 16.1. The van der Waals surface area contributed by atoms with Gasteiger partial charge in [-0.25, -0.2) is 0 Å². The molecular weight excluding hydrogens is 348 g/mol. The lowest BCUT2D eigenvalue weighted by atomic mass is 10.1. The molecule has 0 radical (unpaired) electrons. The number of amides is 2. The lowest BCUT2D eigenvalue weighted by Crippen LogP contribution is -2.44. The first-order valence-corrected chi connectivity index (χ1v) is 10.3. The Morgan fingerprint density at radius 2 is 1.96 bits per heavy atom. The molecule has 0 aliphatic heterocycles. The van der Waals surface area contributed by atoms with Gasteiger partial charge in [-0.05, 0) is 61.1 Å². The number of carbonyl (C=O) groups is 2. The predicted octanol–water partition coefficient (Wildman–Crippen LogP) is 4.11. The number of thioether (sulfide) groups is 1. The van der Waals surface area contributed by atoms with Gasteiger partial charge in [-0.2, -0.15) is 11.8 Å². The van der Waals surface area contributed by atoms with E-state index < -0.39 is 6.04 Å². The Morgan fingerprint density at radius 1 is 1.19 bits per heavy atom. The number of nitrogens with one attached hydrogen (secondary N) is 2. The lowest BCUT2D eigenvalue weighted by molar-refractivity contribution is -0.118. The van der Waals surface area contributed by atoms with Crippen LogP contribution in [0.25, 0.3) is 0 Å². The summed E-state index contributed by atoms with van der Waals surface area (Å²) in [6, 6.07) is 10.5. The Morgan fingerprint density at radius 3 is 2.58 bits per heavy atom. The monoisotopic (exact) mass is 374 g/mol. The molecule has 140 valence electrons. The van der Waals surface area contributed by atoms with Crippen molar-refractivity contribution in [2.75, 3.05) is 17.3 Å². The molecule has 0 aliphatic rings. The minimum absolute atomic E-state index is 0.201. The number of benzene rings is 1. The van der Waals surface area contributed by atoms with Gasteiger partial charge in [0.15, 0.2) is 5.76 Å². The average molecular weight is 375 g/mol. The first-order valence-electron chi connectivity index (χ1n) is 8.87. The third kappa shape index (κ3) is 6.26. The largest absolute Gasteiger partial charge is 0.459 e. The molecule has 1 aromatic carbocycles. The molecule has 2 aromatic rings. The SMILES string of the molecule is CCCCc1ccc(NC(=O)C(CCSC)NC(=O)c2ccco2)cc1. The molecule has 0 fully saturated rings. The summed E-state index contributed by atoms with van der Waals surface area (Å²) < 4.78 is 5.10. The smallest absolute Gasteiger partial charge is 0.287 e. The van der Waals surface area contributed by atoms with Crippen LogP contribution in [0, 0.1) is 0 Å². The van der Waals surface area contributed by atoms with E-state index in [1.165, 1.54) is 11.8 Å². The molecule has 1 unspecified atom stereocenters. The Bertz CT molecular complexity index is 684. The fourth-order valence-electron chi connectivity index (χ4n) is 2.51. The van der Waals surface area contributed by atoms with Crippen LogP contribution in [0.2, 0.25) is 0 Å². The van der Waals surface area contributed by atoms with Crippen molar-refractivity contribution in [3.63, 3.8) is 0 Å². The van der Waals surface area contributed by atoms with Crippen LogP contribution in [0.15, 0.2) is 47.1 Å².